The average molecular weight is 173 g/mol. The molecule has 0 aromatic rings. The molecule has 72 valence electrons. The Morgan fingerprint density at radius 1 is 1.42 bits per heavy atom. The molecule has 1 saturated carbocycles. The minimum absolute atomic E-state index is 0.235. The van der Waals surface area contributed by atoms with Crippen LogP contribution < -0.4 is 5.32 Å². The highest BCUT2D eigenvalue weighted by atomic mass is 16.3. The fourth-order valence-electron chi connectivity index (χ4n) is 1.08. The molecule has 1 rings (SSSR count). The van der Waals surface area contributed by atoms with Crippen molar-refractivity contribution in [3.63, 3.8) is 0 Å². The third-order valence-electron chi connectivity index (χ3n) is 2.40. The molecular weight excluding hydrogens is 154 g/mol. The molecule has 3 heteroatoms. The van der Waals surface area contributed by atoms with E-state index in [4.69, 9.17) is 0 Å². The van der Waals surface area contributed by atoms with Crippen LogP contribution >= 0.6 is 0 Å². The first kappa shape index (κ1) is 9.96. The van der Waals surface area contributed by atoms with Gasteiger partial charge in [0.25, 0.3) is 0 Å². The van der Waals surface area contributed by atoms with Crippen LogP contribution in [0.2, 0.25) is 0 Å². The van der Waals surface area contributed by atoms with Crippen LogP contribution in [0.4, 0.5) is 0 Å². The van der Waals surface area contributed by atoms with Gasteiger partial charge in [0.15, 0.2) is 0 Å². The van der Waals surface area contributed by atoms with Crippen LogP contribution in [0.25, 0.3) is 0 Å². The molecule has 0 radical (unpaired) electrons. The Bertz CT molecular complexity index is 143. The third kappa shape index (κ3) is 3.09. The largest absolute Gasteiger partial charge is 0.390 e. The quantitative estimate of drug-likeness (QED) is 0.530. The van der Waals surface area contributed by atoms with Gasteiger partial charge in [0.05, 0.1) is 5.60 Å². The Labute approximate surface area is 73.8 Å². The highest BCUT2D eigenvalue weighted by Gasteiger charge is 2.39. The highest BCUT2D eigenvalue weighted by molar-refractivity contribution is 4.93. The summed E-state index contributed by atoms with van der Waals surface area (Å²) in [7, 11) is 0. The third-order valence-corrected chi connectivity index (χ3v) is 2.40. The molecule has 3 nitrogen and oxygen atoms in total. The van der Waals surface area contributed by atoms with Crippen molar-refractivity contribution in [1.29, 1.82) is 0 Å². The number of rotatable bonds is 5. The zero-order chi connectivity index (χ0) is 9.19. The molecule has 1 fully saturated rings. The van der Waals surface area contributed by atoms with Gasteiger partial charge in [-0.15, -0.1) is 0 Å². The van der Waals surface area contributed by atoms with Gasteiger partial charge in [-0.2, -0.15) is 0 Å². The van der Waals surface area contributed by atoms with E-state index in [9.17, 15) is 10.2 Å². The zero-order valence-electron chi connectivity index (χ0n) is 7.88. The normalized spacial score (nSPS) is 22.8. The summed E-state index contributed by atoms with van der Waals surface area (Å²) in [6, 6.07) is 0. The molecule has 0 heterocycles. The van der Waals surface area contributed by atoms with Crippen molar-refractivity contribution in [2.45, 2.75) is 44.9 Å². The molecule has 0 amide bonds. The van der Waals surface area contributed by atoms with Gasteiger partial charge in [-0.25, -0.2) is 0 Å². The summed E-state index contributed by atoms with van der Waals surface area (Å²) in [5.41, 5.74) is -0.399. The predicted octanol–water partition coefficient (Wildman–Crippen LogP) is 0.465. The predicted molar refractivity (Wildman–Crippen MR) is 47.6 cm³/mol. The van der Waals surface area contributed by atoms with Gasteiger partial charge in [-0.3, -0.25) is 5.32 Å². The van der Waals surface area contributed by atoms with Crippen LogP contribution in [0.15, 0.2) is 0 Å². The first-order valence-electron chi connectivity index (χ1n) is 4.67. The van der Waals surface area contributed by atoms with E-state index in [-0.39, 0.29) is 5.92 Å². The number of aliphatic hydroxyl groups is 2. The maximum atomic E-state index is 9.46. The summed E-state index contributed by atoms with van der Waals surface area (Å²) < 4.78 is 0. The highest BCUT2D eigenvalue weighted by Crippen LogP contribution is 2.37. The summed E-state index contributed by atoms with van der Waals surface area (Å²) in [6.45, 7) is 4.63. The average Bonchev–Trinajstić information content (AvgIpc) is 2.68. The fraction of sp³-hybridized carbons (Fsp3) is 1.00. The molecule has 0 aromatic carbocycles. The molecule has 0 aromatic heterocycles. The fourth-order valence-corrected chi connectivity index (χ4v) is 1.08. The molecular formula is C9H19NO2. The molecule has 12 heavy (non-hydrogen) atoms. The molecule has 1 atom stereocenters. The minimum Gasteiger partial charge on any atom is -0.390 e. The van der Waals surface area contributed by atoms with Crippen LogP contribution in [0.1, 0.15) is 33.1 Å². The van der Waals surface area contributed by atoms with Gasteiger partial charge in [0.2, 0.25) is 0 Å². The van der Waals surface area contributed by atoms with Gasteiger partial charge in [-0.1, -0.05) is 13.8 Å². The van der Waals surface area contributed by atoms with Gasteiger partial charge >= 0.3 is 0 Å². The van der Waals surface area contributed by atoms with E-state index in [1.807, 2.05) is 13.8 Å². The lowest BCUT2D eigenvalue weighted by atomic mass is 10.2. The first-order valence-corrected chi connectivity index (χ1v) is 4.67. The summed E-state index contributed by atoms with van der Waals surface area (Å²) in [4.78, 5) is 0. The maximum absolute atomic E-state index is 9.46. The van der Waals surface area contributed by atoms with Gasteiger partial charge < -0.3 is 10.2 Å². The smallest absolute Gasteiger partial charge is 0.107 e. The van der Waals surface area contributed by atoms with Crippen molar-refractivity contribution in [2.75, 3.05) is 6.54 Å². The lowest BCUT2D eigenvalue weighted by molar-refractivity contribution is 0.0789. The van der Waals surface area contributed by atoms with Crippen molar-refractivity contribution >= 4 is 0 Å². The van der Waals surface area contributed by atoms with Gasteiger partial charge in [0.1, 0.15) is 6.23 Å². The number of aliphatic hydroxyl groups excluding tert-OH is 1. The Morgan fingerprint density at radius 2 is 2.00 bits per heavy atom. The lowest BCUT2D eigenvalue weighted by Crippen LogP contribution is -2.35. The van der Waals surface area contributed by atoms with Crippen molar-refractivity contribution in [3.05, 3.63) is 0 Å². The Balaban J connectivity index is 2.02. The molecule has 1 aliphatic carbocycles. The van der Waals surface area contributed by atoms with Crippen LogP contribution in [-0.2, 0) is 0 Å². The standard InChI is InChI=1S/C9H19NO2/c1-7(2)8(11)10-6-5-9(12)3-4-9/h7-8,10-12H,3-6H2,1-2H3. The Hall–Kier alpha value is -0.120. The van der Waals surface area contributed by atoms with Crippen molar-refractivity contribution in [2.24, 2.45) is 5.92 Å². The van der Waals surface area contributed by atoms with Crippen LogP contribution in [0, 0.1) is 5.92 Å². The first-order chi connectivity index (χ1) is 5.53. The van der Waals surface area contributed by atoms with Crippen LogP contribution in [0.3, 0.4) is 0 Å². The second-order valence-corrected chi connectivity index (χ2v) is 4.12. The topological polar surface area (TPSA) is 52.5 Å². The molecule has 1 aliphatic rings. The second-order valence-electron chi connectivity index (χ2n) is 4.12. The summed E-state index contributed by atoms with van der Waals surface area (Å²) >= 11 is 0. The number of hydrogen-bond acceptors (Lipinski definition) is 3. The summed E-state index contributed by atoms with van der Waals surface area (Å²) in [5.74, 6) is 0.235. The van der Waals surface area contributed by atoms with E-state index >= 15 is 0 Å². The summed E-state index contributed by atoms with van der Waals surface area (Å²) in [5, 5.41) is 21.8. The molecule has 0 spiro atoms. The second kappa shape index (κ2) is 3.73. The monoisotopic (exact) mass is 173 g/mol. The maximum Gasteiger partial charge on any atom is 0.107 e. The van der Waals surface area contributed by atoms with Gasteiger partial charge in [0, 0.05) is 6.54 Å². The minimum atomic E-state index is -0.438. The lowest BCUT2D eigenvalue weighted by Gasteiger charge is -2.17. The molecule has 1 unspecified atom stereocenters. The van der Waals surface area contributed by atoms with E-state index in [2.05, 4.69) is 5.32 Å². The van der Waals surface area contributed by atoms with Gasteiger partial charge in [-0.05, 0) is 25.2 Å². The molecule has 0 aliphatic heterocycles. The molecule has 0 saturated heterocycles. The van der Waals surface area contributed by atoms with Crippen molar-refractivity contribution in [3.8, 4) is 0 Å². The van der Waals surface area contributed by atoms with Crippen LogP contribution in [-0.4, -0.2) is 28.6 Å². The van der Waals surface area contributed by atoms with E-state index in [1.165, 1.54) is 0 Å². The van der Waals surface area contributed by atoms with E-state index in [0.717, 1.165) is 19.3 Å². The Kier molecular flexibility index (Phi) is 3.09. The summed E-state index contributed by atoms with van der Waals surface area (Å²) in [6.07, 6.45) is 2.17. The molecule has 3 N–H and O–H groups in total. The SMILES string of the molecule is CC(C)C(O)NCCC1(O)CC1. The van der Waals surface area contributed by atoms with E-state index in [1.54, 1.807) is 0 Å². The number of hydrogen-bond donors (Lipinski definition) is 3. The van der Waals surface area contributed by atoms with E-state index < -0.39 is 11.8 Å². The van der Waals surface area contributed by atoms with E-state index in [0.29, 0.717) is 6.54 Å². The zero-order valence-corrected chi connectivity index (χ0v) is 7.88. The van der Waals surface area contributed by atoms with Crippen molar-refractivity contribution in [1.82, 2.24) is 5.32 Å². The van der Waals surface area contributed by atoms with Crippen LogP contribution in [0.5, 0.6) is 0 Å². The number of nitrogens with one attached hydrogen (secondary N) is 1. The molecule has 0 bridgehead atoms. The van der Waals surface area contributed by atoms with Crippen molar-refractivity contribution < 1.29 is 10.2 Å². The Morgan fingerprint density at radius 3 is 2.42 bits per heavy atom.